The van der Waals surface area contributed by atoms with Crippen molar-refractivity contribution in [1.82, 2.24) is 5.32 Å². The van der Waals surface area contributed by atoms with E-state index in [1.54, 1.807) is 12.1 Å². The molecule has 2 rings (SSSR count). The molecule has 0 saturated carbocycles. The van der Waals surface area contributed by atoms with E-state index in [0.717, 1.165) is 18.7 Å². The Hall–Kier alpha value is -1.10. The van der Waals surface area contributed by atoms with Crippen LogP contribution in [-0.4, -0.2) is 30.8 Å². The molecule has 88 valence electrons. The number of ether oxygens (including phenoxy) is 1. The Bertz CT molecular complexity index is 347. The summed E-state index contributed by atoms with van der Waals surface area (Å²) >= 11 is 0. The zero-order valence-corrected chi connectivity index (χ0v) is 9.50. The minimum absolute atomic E-state index is 0. The highest BCUT2D eigenvalue weighted by atomic mass is 35.5. The quantitative estimate of drug-likeness (QED) is 0.826. The van der Waals surface area contributed by atoms with Crippen LogP contribution in [0.5, 0.6) is 0 Å². The second kappa shape index (κ2) is 5.84. The third kappa shape index (κ3) is 2.95. The fourth-order valence-electron chi connectivity index (χ4n) is 1.64. The zero-order chi connectivity index (χ0) is 10.7. The van der Waals surface area contributed by atoms with Crippen LogP contribution in [0.15, 0.2) is 24.3 Å². The van der Waals surface area contributed by atoms with Crippen LogP contribution in [-0.2, 0) is 4.74 Å². The highest BCUT2D eigenvalue weighted by Crippen LogP contribution is 2.16. The largest absolute Gasteiger partial charge is 0.478 e. The van der Waals surface area contributed by atoms with E-state index in [9.17, 15) is 4.79 Å². The predicted octanol–water partition coefficient (Wildman–Crippen LogP) is 1.47. The molecule has 0 aromatic heterocycles. The maximum atomic E-state index is 10.6. The molecule has 1 fully saturated rings. The predicted molar refractivity (Wildman–Crippen MR) is 62.2 cm³/mol. The highest BCUT2D eigenvalue weighted by molar-refractivity contribution is 5.87. The van der Waals surface area contributed by atoms with Gasteiger partial charge in [0.25, 0.3) is 0 Å². The second-order valence-corrected chi connectivity index (χ2v) is 3.51. The summed E-state index contributed by atoms with van der Waals surface area (Å²) < 4.78 is 5.34. The molecule has 1 saturated heterocycles. The monoisotopic (exact) mass is 243 g/mol. The van der Waals surface area contributed by atoms with E-state index < -0.39 is 5.97 Å². The standard InChI is InChI=1S/C11H13NO3.ClH/c13-11(14)9-3-1-8(2-4-9)10-7-15-6-5-12-10;/h1-4,10,12H,5-7H2,(H,13,14);1H/t10-;/m1./s1. The van der Waals surface area contributed by atoms with Crippen LogP contribution in [0.25, 0.3) is 0 Å². The van der Waals surface area contributed by atoms with Gasteiger partial charge < -0.3 is 15.2 Å². The van der Waals surface area contributed by atoms with Crippen molar-refractivity contribution in [3.8, 4) is 0 Å². The molecule has 2 N–H and O–H groups in total. The number of benzene rings is 1. The fraction of sp³-hybridized carbons (Fsp3) is 0.364. The van der Waals surface area contributed by atoms with Crippen LogP contribution in [0.1, 0.15) is 22.0 Å². The van der Waals surface area contributed by atoms with Gasteiger partial charge in [0.05, 0.1) is 24.8 Å². The summed E-state index contributed by atoms with van der Waals surface area (Å²) in [6.45, 7) is 2.22. The lowest BCUT2D eigenvalue weighted by atomic mass is 10.0. The summed E-state index contributed by atoms with van der Waals surface area (Å²) in [4.78, 5) is 10.6. The third-order valence-corrected chi connectivity index (χ3v) is 2.48. The molecular weight excluding hydrogens is 230 g/mol. The van der Waals surface area contributed by atoms with E-state index in [2.05, 4.69) is 5.32 Å². The first-order chi connectivity index (χ1) is 7.27. The van der Waals surface area contributed by atoms with Gasteiger partial charge in [-0.1, -0.05) is 12.1 Å². The van der Waals surface area contributed by atoms with Crippen molar-refractivity contribution in [3.63, 3.8) is 0 Å². The highest BCUT2D eigenvalue weighted by Gasteiger charge is 2.15. The molecular formula is C11H14ClNO3. The maximum Gasteiger partial charge on any atom is 0.335 e. The van der Waals surface area contributed by atoms with E-state index in [0.29, 0.717) is 12.2 Å². The van der Waals surface area contributed by atoms with Crippen LogP contribution < -0.4 is 5.32 Å². The number of nitrogens with one attached hydrogen (secondary N) is 1. The van der Waals surface area contributed by atoms with Gasteiger partial charge in [-0.3, -0.25) is 0 Å². The van der Waals surface area contributed by atoms with E-state index >= 15 is 0 Å². The Morgan fingerprint density at radius 1 is 1.38 bits per heavy atom. The molecule has 4 nitrogen and oxygen atoms in total. The first-order valence-electron chi connectivity index (χ1n) is 4.92. The first-order valence-corrected chi connectivity index (χ1v) is 4.92. The molecule has 1 aliphatic rings. The normalized spacial score (nSPS) is 19.9. The number of hydrogen-bond donors (Lipinski definition) is 2. The molecule has 0 bridgehead atoms. The van der Waals surface area contributed by atoms with Crippen LogP contribution in [0.4, 0.5) is 0 Å². The van der Waals surface area contributed by atoms with Crippen molar-refractivity contribution in [2.75, 3.05) is 19.8 Å². The minimum atomic E-state index is -0.894. The Morgan fingerprint density at radius 3 is 2.56 bits per heavy atom. The van der Waals surface area contributed by atoms with E-state index in [1.807, 2.05) is 12.1 Å². The topological polar surface area (TPSA) is 58.6 Å². The van der Waals surface area contributed by atoms with Gasteiger partial charge in [0.15, 0.2) is 0 Å². The third-order valence-electron chi connectivity index (χ3n) is 2.48. The van der Waals surface area contributed by atoms with Crippen LogP contribution >= 0.6 is 12.4 Å². The van der Waals surface area contributed by atoms with Gasteiger partial charge in [0.1, 0.15) is 0 Å². The average Bonchev–Trinajstić information content (AvgIpc) is 2.30. The fourth-order valence-corrected chi connectivity index (χ4v) is 1.64. The van der Waals surface area contributed by atoms with E-state index in [-0.39, 0.29) is 18.4 Å². The lowest BCUT2D eigenvalue weighted by Gasteiger charge is -2.24. The summed E-state index contributed by atoms with van der Waals surface area (Å²) in [5, 5.41) is 12.1. The van der Waals surface area contributed by atoms with Crippen molar-refractivity contribution >= 4 is 18.4 Å². The number of carbonyl (C=O) groups is 1. The summed E-state index contributed by atoms with van der Waals surface area (Å²) in [6.07, 6.45) is 0. The molecule has 1 aromatic rings. The van der Waals surface area contributed by atoms with Gasteiger partial charge in [0.2, 0.25) is 0 Å². The lowest BCUT2D eigenvalue weighted by molar-refractivity contribution is 0.0696. The molecule has 16 heavy (non-hydrogen) atoms. The van der Waals surface area contributed by atoms with E-state index in [1.165, 1.54) is 0 Å². The number of halogens is 1. The molecule has 0 radical (unpaired) electrons. The number of carboxylic acids is 1. The summed E-state index contributed by atoms with van der Waals surface area (Å²) in [6, 6.07) is 7.08. The molecule has 0 amide bonds. The van der Waals surface area contributed by atoms with Crippen molar-refractivity contribution in [1.29, 1.82) is 0 Å². The molecule has 0 aliphatic carbocycles. The number of aromatic carboxylic acids is 1. The molecule has 5 heteroatoms. The van der Waals surface area contributed by atoms with Gasteiger partial charge >= 0.3 is 5.97 Å². The van der Waals surface area contributed by atoms with Crippen LogP contribution in [0, 0.1) is 0 Å². The van der Waals surface area contributed by atoms with Gasteiger partial charge in [-0.15, -0.1) is 12.4 Å². The summed E-state index contributed by atoms with van der Waals surface area (Å²) in [5.74, 6) is -0.894. The zero-order valence-electron chi connectivity index (χ0n) is 8.68. The van der Waals surface area contributed by atoms with Crippen LogP contribution in [0.2, 0.25) is 0 Å². The Kier molecular flexibility index (Phi) is 4.73. The van der Waals surface area contributed by atoms with Crippen molar-refractivity contribution in [3.05, 3.63) is 35.4 Å². The second-order valence-electron chi connectivity index (χ2n) is 3.51. The first kappa shape index (κ1) is 13.0. The number of morpholine rings is 1. The molecule has 1 aliphatic heterocycles. The van der Waals surface area contributed by atoms with Crippen LogP contribution in [0.3, 0.4) is 0 Å². The Balaban J connectivity index is 0.00000128. The lowest BCUT2D eigenvalue weighted by Crippen LogP contribution is -2.34. The van der Waals surface area contributed by atoms with Crippen molar-refractivity contribution in [2.24, 2.45) is 0 Å². The average molecular weight is 244 g/mol. The maximum absolute atomic E-state index is 10.6. The van der Waals surface area contributed by atoms with Gasteiger partial charge in [-0.2, -0.15) is 0 Å². The number of rotatable bonds is 2. The Morgan fingerprint density at radius 2 is 2.06 bits per heavy atom. The Labute approximate surface area is 100 Å². The number of carboxylic acid groups (broad SMARTS) is 1. The SMILES string of the molecule is Cl.O=C(O)c1ccc([C@H]2COCCN2)cc1. The molecule has 0 unspecified atom stereocenters. The smallest absolute Gasteiger partial charge is 0.335 e. The minimum Gasteiger partial charge on any atom is -0.478 e. The van der Waals surface area contributed by atoms with E-state index in [4.69, 9.17) is 9.84 Å². The molecule has 1 aromatic carbocycles. The van der Waals surface area contributed by atoms with Gasteiger partial charge in [-0.05, 0) is 17.7 Å². The van der Waals surface area contributed by atoms with Crippen molar-refractivity contribution in [2.45, 2.75) is 6.04 Å². The summed E-state index contributed by atoms with van der Waals surface area (Å²) in [7, 11) is 0. The number of hydrogen-bond acceptors (Lipinski definition) is 3. The molecule has 1 atom stereocenters. The molecule has 1 heterocycles. The molecule has 0 spiro atoms. The van der Waals surface area contributed by atoms with Gasteiger partial charge in [0, 0.05) is 6.54 Å². The van der Waals surface area contributed by atoms with Crippen molar-refractivity contribution < 1.29 is 14.6 Å². The van der Waals surface area contributed by atoms with Gasteiger partial charge in [-0.25, -0.2) is 4.79 Å². The summed E-state index contributed by atoms with van der Waals surface area (Å²) in [5.41, 5.74) is 1.38.